The van der Waals surface area contributed by atoms with E-state index < -0.39 is 37.6 Å². The first-order valence-electron chi connectivity index (χ1n) is 8.07. The van der Waals surface area contributed by atoms with Gasteiger partial charge in [0.15, 0.2) is 6.23 Å². The summed E-state index contributed by atoms with van der Waals surface area (Å²) in [5.74, 6) is 2.44. The highest BCUT2D eigenvalue weighted by molar-refractivity contribution is 6.83. The van der Waals surface area contributed by atoms with Crippen LogP contribution in [0.5, 0.6) is 0 Å². The Labute approximate surface area is 146 Å². The molecular formula is C16H23N3O5Si. The largest absolute Gasteiger partial charge is 0.465 e. The van der Waals surface area contributed by atoms with Gasteiger partial charge in [0.2, 0.25) is 0 Å². The van der Waals surface area contributed by atoms with Crippen molar-refractivity contribution in [1.29, 1.82) is 0 Å². The Bertz CT molecular complexity index is 827. The number of nitrogens with zero attached hydrogens (tertiary/aromatic N) is 2. The Morgan fingerprint density at radius 2 is 2.12 bits per heavy atom. The predicted octanol–water partition coefficient (Wildman–Crippen LogP) is 0.463. The number of aromatic amines is 1. The van der Waals surface area contributed by atoms with Crippen LogP contribution in [-0.4, -0.2) is 48.4 Å². The maximum Gasteiger partial charge on any atom is 0.330 e. The fourth-order valence-electron chi connectivity index (χ4n) is 2.34. The Hall–Kier alpha value is -2.15. The zero-order valence-electron chi connectivity index (χ0n) is 15.1. The molecular weight excluding hydrogens is 342 g/mol. The topological polar surface area (TPSA) is 93.6 Å². The van der Waals surface area contributed by atoms with E-state index in [1.54, 1.807) is 14.0 Å². The molecule has 1 N–H and O–H groups in total. The second-order valence-electron chi connectivity index (χ2n) is 6.82. The van der Waals surface area contributed by atoms with Crippen LogP contribution in [0.2, 0.25) is 19.6 Å². The number of rotatable bonds is 3. The Morgan fingerprint density at radius 3 is 2.72 bits per heavy atom. The van der Waals surface area contributed by atoms with Crippen LogP contribution in [-0.2, 0) is 14.4 Å². The highest BCUT2D eigenvalue weighted by Gasteiger charge is 2.38. The average Bonchev–Trinajstić information content (AvgIpc) is 2.87. The van der Waals surface area contributed by atoms with Crippen molar-refractivity contribution in [2.45, 2.75) is 45.3 Å². The van der Waals surface area contributed by atoms with Gasteiger partial charge in [0.1, 0.15) is 19.7 Å². The average molecular weight is 365 g/mol. The number of ether oxygens (including phenoxy) is 1. The van der Waals surface area contributed by atoms with E-state index in [4.69, 9.17) is 9.57 Å². The maximum absolute atomic E-state index is 12.1. The number of likely N-dealkylation sites (N-methyl/N-ethyl adjacent to an activating group) is 1. The van der Waals surface area contributed by atoms with Gasteiger partial charge in [-0.1, -0.05) is 25.6 Å². The number of aromatic nitrogens is 2. The van der Waals surface area contributed by atoms with Crippen molar-refractivity contribution in [3.05, 3.63) is 32.6 Å². The normalized spacial score (nSPS) is 20.8. The number of H-pyrrole nitrogens is 1. The third kappa shape index (κ3) is 4.69. The highest BCUT2D eigenvalue weighted by atomic mass is 28.3. The molecule has 1 aromatic rings. The lowest BCUT2D eigenvalue weighted by molar-refractivity contribution is -0.182. The van der Waals surface area contributed by atoms with Crippen LogP contribution >= 0.6 is 0 Å². The molecule has 0 saturated carbocycles. The summed E-state index contributed by atoms with van der Waals surface area (Å²) in [6, 6.07) is -0.611. The molecule has 25 heavy (non-hydrogen) atoms. The van der Waals surface area contributed by atoms with Crippen molar-refractivity contribution in [1.82, 2.24) is 14.6 Å². The summed E-state index contributed by atoms with van der Waals surface area (Å²) in [7, 11) is -0.0720. The predicted molar refractivity (Wildman–Crippen MR) is 94.5 cm³/mol. The minimum Gasteiger partial charge on any atom is -0.465 e. The zero-order valence-corrected chi connectivity index (χ0v) is 16.1. The third-order valence-corrected chi connectivity index (χ3v) is 4.44. The summed E-state index contributed by atoms with van der Waals surface area (Å²) in [5.41, 5.74) is 2.17. The minimum atomic E-state index is -1.67. The van der Waals surface area contributed by atoms with Gasteiger partial charge >= 0.3 is 11.7 Å². The van der Waals surface area contributed by atoms with Crippen LogP contribution in [0.25, 0.3) is 0 Å². The third-order valence-electron chi connectivity index (χ3n) is 3.56. The van der Waals surface area contributed by atoms with Gasteiger partial charge in [0, 0.05) is 19.7 Å². The van der Waals surface area contributed by atoms with Gasteiger partial charge in [-0.25, -0.2) is 4.79 Å². The molecule has 0 radical (unpaired) electrons. The lowest BCUT2D eigenvalue weighted by Gasteiger charge is -2.15. The molecule has 0 amide bonds. The van der Waals surface area contributed by atoms with Crippen molar-refractivity contribution >= 4 is 14.0 Å². The molecule has 1 saturated heterocycles. The standard InChI is InChI=1S/C16H23N3O5Si/c1-6-23-15(21)12-9-13(24-18(12)2)19-10-11(7-8-25(3,4)5)14(20)17-16(19)22/h10,12-13H,6,9H2,1-5H3,(H,17,20,22)/t12-,13+/m1/s1. The summed E-state index contributed by atoms with van der Waals surface area (Å²) in [4.78, 5) is 43.9. The molecule has 2 atom stereocenters. The first-order chi connectivity index (χ1) is 11.6. The smallest absolute Gasteiger partial charge is 0.330 e. The lowest BCUT2D eigenvalue weighted by Crippen LogP contribution is -2.33. The molecule has 0 unspecified atom stereocenters. The van der Waals surface area contributed by atoms with E-state index in [1.165, 1.54) is 15.8 Å². The summed E-state index contributed by atoms with van der Waals surface area (Å²) in [5, 5.41) is 1.37. The van der Waals surface area contributed by atoms with E-state index in [1.807, 2.05) is 0 Å². The molecule has 8 nitrogen and oxygen atoms in total. The van der Waals surface area contributed by atoms with Gasteiger partial charge in [-0.15, -0.1) is 5.54 Å². The number of hydroxylamine groups is 2. The zero-order chi connectivity index (χ0) is 18.8. The molecule has 0 aliphatic carbocycles. The van der Waals surface area contributed by atoms with Gasteiger partial charge < -0.3 is 4.74 Å². The van der Waals surface area contributed by atoms with Gasteiger partial charge in [-0.05, 0) is 6.92 Å². The van der Waals surface area contributed by atoms with Crippen LogP contribution in [0.4, 0.5) is 0 Å². The second kappa shape index (κ2) is 7.39. The van der Waals surface area contributed by atoms with Crippen LogP contribution in [0.15, 0.2) is 15.8 Å². The van der Waals surface area contributed by atoms with E-state index in [-0.39, 0.29) is 18.6 Å². The fourth-order valence-corrected chi connectivity index (χ4v) is 2.85. The van der Waals surface area contributed by atoms with Crippen molar-refractivity contribution in [3.8, 4) is 11.5 Å². The van der Waals surface area contributed by atoms with E-state index in [9.17, 15) is 14.4 Å². The Kier molecular flexibility index (Phi) is 5.67. The van der Waals surface area contributed by atoms with E-state index in [0.717, 1.165) is 0 Å². The molecule has 0 aromatic carbocycles. The van der Waals surface area contributed by atoms with Gasteiger partial charge in [-0.3, -0.25) is 24.0 Å². The SMILES string of the molecule is CCOC(=O)[C@H]1C[C@@H](n2cc(C#C[Si](C)(C)C)c(=O)[nH]c2=O)ON1C. The molecule has 2 rings (SSSR count). The summed E-state index contributed by atoms with van der Waals surface area (Å²) >= 11 is 0. The van der Waals surface area contributed by atoms with Crippen LogP contribution in [0.3, 0.4) is 0 Å². The number of esters is 1. The summed E-state index contributed by atoms with van der Waals surface area (Å²) < 4.78 is 6.26. The quantitative estimate of drug-likeness (QED) is 0.475. The van der Waals surface area contributed by atoms with Gasteiger partial charge in [-0.2, -0.15) is 5.06 Å². The van der Waals surface area contributed by atoms with Crippen molar-refractivity contribution in [2.24, 2.45) is 0 Å². The molecule has 1 aliphatic heterocycles. The number of nitrogens with one attached hydrogen (secondary N) is 1. The van der Waals surface area contributed by atoms with E-state index in [2.05, 4.69) is 36.1 Å². The molecule has 1 aliphatic rings. The minimum absolute atomic E-state index is 0.202. The number of carbonyl (C=O) groups excluding carboxylic acids is 1. The van der Waals surface area contributed by atoms with E-state index >= 15 is 0 Å². The summed E-state index contributed by atoms with van der Waals surface area (Å²) in [6.07, 6.45) is 0.916. The Morgan fingerprint density at radius 1 is 1.44 bits per heavy atom. The van der Waals surface area contributed by atoms with Crippen LogP contribution in [0, 0.1) is 11.5 Å². The molecule has 136 valence electrons. The van der Waals surface area contributed by atoms with Crippen LogP contribution < -0.4 is 11.2 Å². The Balaban J connectivity index is 2.34. The number of hydrogen-bond donors (Lipinski definition) is 1. The number of carbonyl (C=O) groups is 1. The van der Waals surface area contributed by atoms with Crippen molar-refractivity contribution < 1.29 is 14.4 Å². The van der Waals surface area contributed by atoms with Crippen molar-refractivity contribution in [2.75, 3.05) is 13.7 Å². The molecule has 0 bridgehead atoms. The first kappa shape index (κ1) is 19.2. The lowest BCUT2D eigenvalue weighted by atomic mass is 10.2. The molecule has 0 spiro atoms. The monoisotopic (exact) mass is 365 g/mol. The number of hydrogen-bond acceptors (Lipinski definition) is 6. The van der Waals surface area contributed by atoms with Crippen molar-refractivity contribution in [3.63, 3.8) is 0 Å². The van der Waals surface area contributed by atoms with Crippen LogP contribution in [0.1, 0.15) is 25.1 Å². The molecule has 1 fully saturated rings. The second-order valence-corrected chi connectivity index (χ2v) is 11.6. The van der Waals surface area contributed by atoms with Gasteiger partial charge in [0.05, 0.1) is 6.61 Å². The molecule has 1 aromatic heterocycles. The van der Waals surface area contributed by atoms with Gasteiger partial charge in [0.25, 0.3) is 5.56 Å². The first-order valence-corrected chi connectivity index (χ1v) is 11.6. The molecule has 2 heterocycles. The molecule has 9 heteroatoms. The maximum atomic E-state index is 12.1. The fraction of sp³-hybridized carbons (Fsp3) is 0.562. The summed E-state index contributed by atoms with van der Waals surface area (Å²) in [6.45, 7) is 8.17. The highest BCUT2D eigenvalue weighted by Crippen LogP contribution is 2.27. The van der Waals surface area contributed by atoms with E-state index in [0.29, 0.717) is 0 Å².